The van der Waals surface area contributed by atoms with Crippen LogP contribution in [0.3, 0.4) is 0 Å². The molecule has 10 heteroatoms. The van der Waals surface area contributed by atoms with Crippen molar-refractivity contribution in [1.29, 1.82) is 0 Å². The molecule has 3 rings (SSSR count). The third-order valence-corrected chi connectivity index (χ3v) is 4.46. The van der Waals surface area contributed by atoms with Gasteiger partial charge in [0.15, 0.2) is 5.96 Å². The molecule has 0 amide bonds. The van der Waals surface area contributed by atoms with Crippen LogP contribution in [0.5, 0.6) is 0 Å². The molecule has 0 radical (unpaired) electrons. The number of hydrogen-bond donors (Lipinski definition) is 1. The second-order valence-corrected chi connectivity index (χ2v) is 6.14. The maximum Gasteiger partial charge on any atom is 0.269 e. The number of nitrogens with two attached hydrogens (primary N) is 1. The van der Waals surface area contributed by atoms with Crippen LogP contribution in [0.1, 0.15) is 5.56 Å². The van der Waals surface area contributed by atoms with Gasteiger partial charge in [0, 0.05) is 55.7 Å². The van der Waals surface area contributed by atoms with Crippen LogP contribution in [-0.4, -0.2) is 51.9 Å². The van der Waals surface area contributed by atoms with Gasteiger partial charge in [0.1, 0.15) is 0 Å². The maximum absolute atomic E-state index is 10.9. The van der Waals surface area contributed by atoms with E-state index in [0.717, 1.165) is 13.1 Å². The van der Waals surface area contributed by atoms with Gasteiger partial charge in [0.2, 0.25) is 5.95 Å². The Bertz CT molecular complexity index is 808. The Kier molecular flexibility index (Phi) is 5.47. The fourth-order valence-electron chi connectivity index (χ4n) is 2.65. The Morgan fingerprint density at radius 1 is 1.27 bits per heavy atom. The molecule has 9 nitrogen and oxygen atoms in total. The van der Waals surface area contributed by atoms with E-state index in [1.165, 1.54) is 18.2 Å². The van der Waals surface area contributed by atoms with Gasteiger partial charge in [0.25, 0.3) is 5.69 Å². The Morgan fingerprint density at radius 2 is 1.96 bits per heavy atom. The maximum atomic E-state index is 10.9. The van der Waals surface area contributed by atoms with E-state index in [9.17, 15) is 10.1 Å². The first-order valence-corrected chi connectivity index (χ1v) is 8.42. The average Bonchev–Trinajstić information content (AvgIpc) is 2.67. The molecule has 1 aliphatic rings. The summed E-state index contributed by atoms with van der Waals surface area (Å²) in [4.78, 5) is 27.3. The number of nitro benzene ring substituents is 1. The Hall–Kier alpha value is -2.94. The van der Waals surface area contributed by atoms with Crippen LogP contribution in [0.25, 0.3) is 0 Å². The Labute approximate surface area is 155 Å². The first-order chi connectivity index (χ1) is 12.5. The van der Waals surface area contributed by atoms with Gasteiger partial charge in [-0.1, -0.05) is 11.6 Å². The number of nitro groups is 1. The summed E-state index contributed by atoms with van der Waals surface area (Å²) in [6.07, 6.45) is 3.43. The third-order valence-electron chi connectivity index (χ3n) is 4.09. The topological polar surface area (TPSA) is 114 Å². The van der Waals surface area contributed by atoms with Crippen LogP contribution in [0.2, 0.25) is 5.02 Å². The van der Waals surface area contributed by atoms with E-state index in [0.29, 0.717) is 35.6 Å². The van der Waals surface area contributed by atoms with Gasteiger partial charge >= 0.3 is 0 Å². The molecule has 1 saturated heterocycles. The number of non-ortho nitro benzene ring substituents is 1. The lowest BCUT2D eigenvalue weighted by molar-refractivity contribution is -0.384. The number of anilines is 1. The minimum Gasteiger partial charge on any atom is -0.370 e. The fourth-order valence-corrected chi connectivity index (χ4v) is 2.83. The van der Waals surface area contributed by atoms with Crippen molar-refractivity contribution in [2.45, 2.75) is 6.54 Å². The Morgan fingerprint density at radius 3 is 2.62 bits per heavy atom. The van der Waals surface area contributed by atoms with Crippen LogP contribution < -0.4 is 10.6 Å². The van der Waals surface area contributed by atoms with Crippen molar-refractivity contribution in [3.05, 3.63) is 57.4 Å². The molecule has 1 fully saturated rings. The Balaban J connectivity index is 1.61. The molecule has 2 N–H and O–H groups in total. The van der Waals surface area contributed by atoms with Gasteiger partial charge in [-0.25, -0.2) is 15.0 Å². The summed E-state index contributed by atoms with van der Waals surface area (Å²) in [7, 11) is 0. The van der Waals surface area contributed by atoms with Crippen molar-refractivity contribution in [1.82, 2.24) is 14.9 Å². The number of benzene rings is 1. The lowest BCUT2D eigenvalue weighted by atomic mass is 10.2. The van der Waals surface area contributed by atoms with Crippen LogP contribution >= 0.6 is 11.6 Å². The highest BCUT2D eigenvalue weighted by atomic mass is 35.5. The molecule has 0 aliphatic carbocycles. The first-order valence-electron chi connectivity index (χ1n) is 8.04. The highest BCUT2D eigenvalue weighted by molar-refractivity contribution is 6.31. The van der Waals surface area contributed by atoms with E-state index in [4.69, 9.17) is 17.3 Å². The molecular weight excluding hydrogens is 358 g/mol. The molecule has 26 heavy (non-hydrogen) atoms. The van der Waals surface area contributed by atoms with Gasteiger partial charge in [-0.05, 0) is 17.7 Å². The van der Waals surface area contributed by atoms with E-state index in [1.807, 2.05) is 4.90 Å². The summed E-state index contributed by atoms with van der Waals surface area (Å²) in [6.45, 7) is 3.04. The number of piperazine rings is 1. The summed E-state index contributed by atoms with van der Waals surface area (Å²) in [6, 6.07) is 6.07. The normalized spacial score (nSPS) is 15.2. The highest BCUT2D eigenvalue weighted by Crippen LogP contribution is 2.22. The van der Waals surface area contributed by atoms with Crippen molar-refractivity contribution in [2.75, 3.05) is 31.1 Å². The SMILES string of the molecule is NC(=NCc1cc([N+](=O)[O-])ccc1Cl)N1CCN(c2ncccn2)CC1. The molecule has 136 valence electrons. The van der Waals surface area contributed by atoms with Crippen molar-refractivity contribution < 1.29 is 4.92 Å². The molecular formula is C16H18ClN7O2. The van der Waals surface area contributed by atoms with Gasteiger partial charge in [-0.2, -0.15) is 0 Å². The van der Waals surface area contributed by atoms with E-state index in [-0.39, 0.29) is 12.2 Å². The highest BCUT2D eigenvalue weighted by Gasteiger charge is 2.20. The number of aromatic nitrogens is 2. The minimum atomic E-state index is -0.461. The van der Waals surface area contributed by atoms with Gasteiger partial charge in [0.05, 0.1) is 11.5 Å². The van der Waals surface area contributed by atoms with Crippen LogP contribution in [0.4, 0.5) is 11.6 Å². The second kappa shape index (κ2) is 7.96. The van der Waals surface area contributed by atoms with E-state index >= 15 is 0 Å². The molecule has 0 unspecified atom stereocenters. The zero-order valence-corrected chi connectivity index (χ0v) is 14.7. The van der Waals surface area contributed by atoms with Crippen LogP contribution in [-0.2, 0) is 6.54 Å². The smallest absolute Gasteiger partial charge is 0.269 e. The fraction of sp³-hybridized carbons (Fsp3) is 0.312. The molecule has 1 aromatic heterocycles. The molecule has 2 aromatic rings. The zero-order valence-electron chi connectivity index (χ0n) is 14.0. The number of rotatable bonds is 4. The molecule has 2 heterocycles. The molecule has 1 aromatic carbocycles. The molecule has 0 bridgehead atoms. The third kappa shape index (κ3) is 4.17. The summed E-state index contributed by atoms with van der Waals surface area (Å²) in [5.41, 5.74) is 6.63. The van der Waals surface area contributed by atoms with Crippen molar-refractivity contribution in [3.8, 4) is 0 Å². The minimum absolute atomic E-state index is 0.0188. The quantitative estimate of drug-likeness (QED) is 0.374. The number of nitrogens with zero attached hydrogens (tertiary/aromatic N) is 6. The van der Waals surface area contributed by atoms with Gasteiger partial charge in [-0.3, -0.25) is 10.1 Å². The largest absolute Gasteiger partial charge is 0.370 e. The van der Waals surface area contributed by atoms with E-state index in [1.54, 1.807) is 18.5 Å². The number of aliphatic imine (C=N–C) groups is 1. The number of guanidine groups is 1. The van der Waals surface area contributed by atoms with Crippen molar-refractivity contribution >= 4 is 29.2 Å². The molecule has 0 atom stereocenters. The first kappa shape index (κ1) is 17.9. The number of hydrogen-bond acceptors (Lipinski definition) is 6. The van der Waals surface area contributed by atoms with Gasteiger partial charge < -0.3 is 15.5 Å². The predicted molar refractivity (Wildman–Crippen MR) is 99.3 cm³/mol. The average molecular weight is 376 g/mol. The molecule has 0 saturated carbocycles. The second-order valence-electron chi connectivity index (χ2n) is 5.73. The lowest BCUT2D eigenvalue weighted by Gasteiger charge is -2.35. The van der Waals surface area contributed by atoms with Crippen molar-refractivity contribution in [3.63, 3.8) is 0 Å². The molecule has 0 spiro atoms. The van der Waals surface area contributed by atoms with Crippen LogP contribution in [0, 0.1) is 10.1 Å². The lowest BCUT2D eigenvalue weighted by Crippen LogP contribution is -2.51. The van der Waals surface area contributed by atoms with Gasteiger partial charge in [-0.15, -0.1) is 0 Å². The van der Waals surface area contributed by atoms with Crippen molar-refractivity contribution in [2.24, 2.45) is 10.7 Å². The molecule has 1 aliphatic heterocycles. The zero-order chi connectivity index (χ0) is 18.5. The van der Waals surface area contributed by atoms with E-state index < -0.39 is 4.92 Å². The number of halogens is 1. The predicted octanol–water partition coefficient (Wildman–Crippen LogP) is 1.68. The monoisotopic (exact) mass is 375 g/mol. The summed E-state index contributed by atoms with van der Waals surface area (Å²) in [5, 5.41) is 11.3. The van der Waals surface area contributed by atoms with Crippen LogP contribution in [0.15, 0.2) is 41.7 Å². The summed E-state index contributed by atoms with van der Waals surface area (Å²) in [5.74, 6) is 1.09. The summed E-state index contributed by atoms with van der Waals surface area (Å²) < 4.78 is 0. The summed E-state index contributed by atoms with van der Waals surface area (Å²) >= 11 is 6.09. The van der Waals surface area contributed by atoms with E-state index in [2.05, 4.69) is 19.9 Å². The standard InChI is InChI=1S/C16H18ClN7O2/c17-14-3-2-13(24(25)26)10-12(14)11-21-15(18)22-6-8-23(9-7-22)16-19-4-1-5-20-16/h1-5,10H,6-9,11H2,(H2,18,21).